The number of carbonyl (C=O) groups excluding carboxylic acids is 13. The summed E-state index contributed by atoms with van der Waals surface area (Å²) < 4.78 is 0. The first kappa shape index (κ1) is 78.5. The Morgan fingerprint density at radius 3 is 1.51 bits per heavy atom. The molecule has 2 aromatic carbocycles. The molecule has 4 rings (SSSR count). The molecule has 95 heavy (non-hydrogen) atoms. The van der Waals surface area contributed by atoms with Gasteiger partial charge < -0.3 is 92.5 Å². The fourth-order valence-electron chi connectivity index (χ4n) is 11.0. The van der Waals surface area contributed by atoms with Crippen LogP contribution in [0.2, 0.25) is 0 Å². The third-order valence-corrected chi connectivity index (χ3v) is 16.7. The van der Waals surface area contributed by atoms with Gasteiger partial charge in [-0.2, -0.15) is 11.8 Å². The Morgan fingerprint density at radius 1 is 0.537 bits per heavy atom. The van der Waals surface area contributed by atoms with E-state index in [0.717, 1.165) is 0 Å². The second-order valence-corrected chi connectivity index (χ2v) is 25.1. The van der Waals surface area contributed by atoms with Gasteiger partial charge in [-0.15, -0.1) is 0 Å². The van der Waals surface area contributed by atoms with Crippen LogP contribution in [0.3, 0.4) is 0 Å². The summed E-state index contributed by atoms with van der Waals surface area (Å²) in [6, 6.07) is 4.51. The minimum atomic E-state index is -1.64. The molecule has 0 spiro atoms. The van der Waals surface area contributed by atoms with Crippen LogP contribution in [0.1, 0.15) is 121 Å². The molecule has 13 amide bonds. The third kappa shape index (κ3) is 27.5. The molecular weight excluding hydrogens is 1250 g/mol. The highest BCUT2D eigenvalue weighted by molar-refractivity contribution is 7.98. The largest absolute Gasteiger partial charge is 0.370 e. The number of hydrogen-bond donors (Lipinski definition) is 15. The van der Waals surface area contributed by atoms with Crippen molar-refractivity contribution < 1.29 is 62.3 Å². The van der Waals surface area contributed by atoms with Crippen molar-refractivity contribution in [2.24, 2.45) is 51.0 Å². The normalized spacial score (nSPS) is 16.8. The molecule has 2 fully saturated rings. The average molecular weight is 1350 g/mol. The third-order valence-electron chi connectivity index (χ3n) is 16.0. The lowest BCUT2D eigenvalue weighted by atomic mass is 10.0. The lowest BCUT2D eigenvalue weighted by Crippen LogP contribution is -2.60. The van der Waals surface area contributed by atoms with Crippen LogP contribution in [-0.4, -0.2) is 198 Å². The monoisotopic (exact) mass is 1350 g/mol. The second-order valence-electron chi connectivity index (χ2n) is 24.1. The van der Waals surface area contributed by atoms with Crippen molar-refractivity contribution in [1.29, 1.82) is 0 Å². The van der Waals surface area contributed by atoms with Crippen molar-refractivity contribution in [1.82, 2.24) is 52.3 Å². The number of benzene rings is 2. The Bertz CT molecular complexity index is 2960. The summed E-state index contributed by atoms with van der Waals surface area (Å²) in [4.78, 5) is 185. The molecule has 0 aliphatic carbocycles. The van der Waals surface area contributed by atoms with Crippen molar-refractivity contribution in [2.45, 2.75) is 183 Å². The van der Waals surface area contributed by atoms with E-state index in [1.165, 1.54) is 21.6 Å². The molecule has 22 N–H and O–H groups in total. The van der Waals surface area contributed by atoms with Crippen LogP contribution in [0.5, 0.6) is 0 Å². The summed E-state index contributed by atoms with van der Waals surface area (Å²) in [7, 11) is 0. The van der Waals surface area contributed by atoms with Crippen molar-refractivity contribution in [3.8, 4) is 0 Å². The van der Waals surface area contributed by atoms with Crippen LogP contribution in [0.15, 0.2) is 65.7 Å². The molecule has 2 aliphatic rings. The number of amides is 13. The average Bonchev–Trinajstić information content (AvgIpc) is 1.74. The molecule has 0 saturated carbocycles. The maximum absolute atomic E-state index is 14.7. The highest BCUT2D eigenvalue weighted by Gasteiger charge is 2.42. The zero-order valence-electron chi connectivity index (χ0n) is 54.5. The SMILES string of the molecule is CSCC[C@H](NC(=O)[C@H](CC(C)C)NC(=O)CNC(=O)[C@@H](Cc1ccccc1)NC(=O)[C@@H](Cc1ccccc1)NC(=O)[C@@H](CCC(N)=O)NC(=O)[C@H](CCC(N)=O)NC(=O)[C@H]1CCCN1C(=O)[C@H](CCCCN)NC(=O)[C@H]1CCCN1C(=O)[C@H](N)CCCN=C(N)N)C(N)=O. The first-order chi connectivity index (χ1) is 45.2. The molecule has 0 bridgehead atoms. The van der Waals surface area contributed by atoms with Crippen LogP contribution < -0.4 is 82.7 Å². The topological polar surface area (TPSA) is 519 Å². The smallest absolute Gasteiger partial charge is 0.245 e. The molecule has 0 radical (unpaired) electrons. The fraction of sp³-hybridized carbons (Fsp3) is 0.587. The molecule has 2 heterocycles. The van der Waals surface area contributed by atoms with E-state index in [1.54, 1.807) is 60.7 Å². The lowest BCUT2D eigenvalue weighted by Gasteiger charge is -2.32. The molecule has 0 unspecified atom stereocenters. The number of nitrogens with zero attached hydrogens (tertiary/aromatic N) is 3. The minimum Gasteiger partial charge on any atom is -0.370 e. The highest BCUT2D eigenvalue weighted by Crippen LogP contribution is 2.24. The fourth-order valence-corrected chi connectivity index (χ4v) is 11.5. The van der Waals surface area contributed by atoms with Gasteiger partial charge in [-0.3, -0.25) is 67.3 Å². The summed E-state index contributed by atoms with van der Waals surface area (Å²) in [5.74, 6) is -9.80. The van der Waals surface area contributed by atoms with E-state index in [0.29, 0.717) is 55.4 Å². The number of likely N-dealkylation sites (tertiary alicyclic amines) is 2. The summed E-state index contributed by atoms with van der Waals surface area (Å²) in [5.41, 5.74) is 40.6. The van der Waals surface area contributed by atoms with Gasteiger partial charge in [0.25, 0.3) is 0 Å². The molecule has 0 aromatic heterocycles. The van der Waals surface area contributed by atoms with E-state index in [1.807, 2.05) is 20.1 Å². The summed E-state index contributed by atoms with van der Waals surface area (Å²) in [5, 5.41) is 21.1. The van der Waals surface area contributed by atoms with Gasteiger partial charge >= 0.3 is 0 Å². The van der Waals surface area contributed by atoms with Gasteiger partial charge in [-0.1, -0.05) is 74.5 Å². The molecule has 2 aromatic rings. The number of nitrogens with two attached hydrogens (primary N) is 7. The Kier molecular flexibility index (Phi) is 33.9. The van der Waals surface area contributed by atoms with Crippen LogP contribution in [0.4, 0.5) is 0 Å². The summed E-state index contributed by atoms with van der Waals surface area (Å²) in [6.45, 7) is 3.86. The van der Waals surface area contributed by atoms with Crippen molar-refractivity contribution in [2.75, 3.05) is 44.7 Å². The number of rotatable bonds is 42. The number of thioether (sulfide) groups is 1. The number of nitrogens with one attached hydrogen (secondary N) is 8. The first-order valence-electron chi connectivity index (χ1n) is 32.2. The lowest BCUT2D eigenvalue weighted by molar-refractivity contribution is -0.144. The van der Waals surface area contributed by atoms with E-state index in [-0.39, 0.29) is 83.0 Å². The minimum absolute atomic E-state index is 0.0736. The Morgan fingerprint density at radius 2 is 1.01 bits per heavy atom. The molecule has 10 atom stereocenters. The van der Waals surface area contributed by atoms with Crippen molar-refractivity contribution in [3.05, 3.63) is 71.8 Å². The quantitative estimate of drug-likeness (QED) is 0.0173. The molecule has 31 nitrogen and oxygen atoms in total. The van der Waals surface area contributed by atoms with E-state index in [4.69, 9.17) is 40.1 Å². The number of carbonyl (C=O) groups is 13. The van der Waals surface area contributed by atoms with Gasteiger partial charge in [0.1, 0.15) is 54.4 Å². The predicted octanol–water partition coefficient (Wildman–Crippen LogP) is -3.71. The predicted molar refractivity (Wildman–Crippen MR) is 356 cm³/mol. The van der Waals surface area contributed by atoms with E-state index in [2.05, 4.69) is 47.5 Å². The maximum atomic E-state index is 14.7. The molecule has 2 saturated heterocycles. The van der Waals surface area contributed by atoms with Crippen LogP contribution in [0.25, 0.3) is 0 Å². The van der Waals surface area contributed by atoms with Crippen molar-refractivity contribution in [3.63, 3.8) is 0 Å². The number of primary amides is 3. The van der Waals surface area contributed by atoms with Crippen molar-refractivity contribution >= 4 is 94.5 Å². The van der Waals surface area contributed by atoms with Gasteiger partial charge in [0.15, 0.2) is 5.96 Å². The highest BCUT2D eigenvalue weighted by atomic mass is 32.2. The summed E-state index contributed by atoms with van der Waals surface area (Å²) in [6.07, 6.45) is 3.12. The Labute approximate surface area is 558 Å². The Hall–Kier alpha value is -8.91. The van der Waals surface area contributed by atoms with E-state index < -0.39 is 169 Å². The number of unbranched alkanes of at least 4 members (excludes halogenated alkanes) is 1. The zero-order chi connectivity index (χ0) is 70.1. The standard InChI is InChI=1S/C63H98N18O13S/c1-37(2)33-45(57(89)74-41(53(68)85)27-32-95-3)73-52(84)36-72-54(86)46(34-38-15-6-4-7-16-38)78-58(90)47(35-39-17-8-5-9-18-39)79-56(88)42(23-25-50(66)82)75-55(87)43(24-26-51(67)83)76-59(91)49-22-14-31-81(49)62(94)44(20-10-11-28-64)77-60(92)48-21-13-30-80(48)61(93)40(65)19-12-29-71-63(69)70/h4-9,15-18,37,40-49H,10-14,19-36,64-65H2,1-3H3,(H2,66,82)(H2,67,83)(H2,68,85)(H,72,86)(H,73,84)(H,74,89)(H,75,87)(H,76,91)(H,77,92)(H,78,90)(H,79,88)(H4,69,70,71)/t40-,41+,42-,43+,44+,45+,46-,47-,48-,49-/m1/s1. The first-order valence-corrected chi connectivity index (χ1v) is 33.6. The molecule has 524 valence electrons. The molecule has 2 aliphatic heterocycles. The Balaban J connectivity index is 1.56. The van der Waals surface area contributed by atoms with Gasteiger partial charge in [0.05, 0.1) is 12.6 Å². The number of hydrogen-bond acceptors (Lipinski definition) is 17. The van der Waals surface area contributed by atoms with E-state index in [9.17, 15) is 62.3 Å². The van der Waals surface area contributed by atoms with Crippen LogP contribution in [0, 0.1) is 5.92 Å². The number of guanidine groups is 1. The van der Waals surface area contributed by atoms with E-state index >= 15 is 0 Å². The second kappa shape index (κ2) is 41.0. The maximum Gasteiger partial charge on any atom is 0.245 e. The number of aliphatic imine (C=N–C) groups is 1. The molecular formula is C63H98N18O13S. The zero-order valence-corrected chi connectivity index (χ0v) is 55.3. The van der Waals surface area contributed by atoms with Crippen LogP contribution in [-0.2, 0) is 75.2 Å². The van der Waals surface area contributed by atoms with Gasteiger partial charge in [-0.25, -0.2) is 0 Å². The van der Waals surface area contributed by atoms with Gasteiger partial charge in [-0.05, 0) is 119 Å². The molecule has 32 heteroatoms. The van der Waals surface area contributed by atoms with Gasteiger partial charge in [0.2, 0.25) is 76.8 Å². The van der Waals surface area contributed by atoms with Crippen LogP contribution >= 0.6 is 11.8 Å². The summed E-state index contributed by atoms with van der Waals surface area (Å²) >= 11 is 1.45. The van der Waals surface area contributed by atoms with Gasteiger partial charge in [0, 0.05) is 45.3 Å².